The van der Waals surface area contributed by atoms with E-state index < -0.39 is 0 Å². The first kappa shape index (κ1) is 12.5. The molecule has 4 nitrogen and oxygen atoms in total. The molecule has 1 fully saturated rings. The first-order valence-electron chi connectivity index (χ1n) is 5.77. The predicted molar refractivity (Wildman–Crippen MR) is 59.5 cm³/mol. The highest BCUT2D eigenvalue weighted by atomic mass is 16.5. The van der Waals surface area contributed by atoms with E-state index in [1.54, 1.807) is 7.11 Å². The number of methoxy groups -OCH3 is 1. The fourth-order valence-corrected chi connectivity index (χ4v) is 2.11. The van der Waals surface area contributed by atoms with Gasteiger partial charge in [0.05, 0.1) is 18.2 Å². The molecule has 3 N–H and O–H groups in total. The van der Waals surface area contributed by atoms with Gasteiger partial charge in [-0.1, -0.05) is 13.3 Å². The molecule has 2 unspecified atom stereocenters. The zero-order valence-electron chi connectivity index (χ0n) is 9.66. The van der Waals surface area contributed by atoms with Gasteiger partial charge >= 0.3 is 0 Å². The molecule has 0 aromatic heterocycles. The molecule has 1 amide bonds. The molecule has 1 aliphatic carbocycles. The monoisotopic (exact) mass is 214 g/mol. The van der Waals surface area contributed by atoms with Crippen molar-refractivity contribution >= 4 is 5.91 Å². The largest absolute Gasteiger partial charge is 0.379 e. The molecule has 0 aromatic rings. The van der Waals surface area contributed by atoms with E-state index in [2.05, 4.69) is 5.32 Å². The summed E-state index contributed by atoms with van der Waals surface area (Å²) in [4.78, 5) is 11.7. The van der Waals surface area contributed by atoms with Crippen molar-refractivity contribution in [2.75, 3.05) is 7.11 Å². The van der Waals surface area contributed by atoms with Crippen LogP contribution in [0.3, 0.4) is 0 Å². The number of rotatable bonds is 5. The van der Waals surface area contributed by atoms with Gasteiger partial charge in [-0.15, -0.1) is 0 Å². The number of carbonyl (C=O) groups excluding carboxylic acids is 1. The lowest BCUT2D eigenvalue weighted by molar-refractivity contribution is -0.124. The molecule has 1 aliphatic rings. The van der Waals surface area contributed by atoms with E-state index in [-0.39, 0.29) is 24.1 Å². The highest BCUT2D eigenvalue weighted by molar-refractivity contribution is 5.81. The quantitative estimate of drug-likeness (QED) is 0.711. The van der Waals surface area contributed by atoms with Crippen molar-refractivity contribution in [3.63, 3.8) is 0 Å². The number of amides is 1. The second-order valence-corrected chi connectivity index (χ2v) is 4.22. The Morgan fingerprint density at radius 3 is 2.93 bits per heavy atom. The van der Waals surface area contributed by atoms with E-state index in [4.69, 9.17) is 10.5 Å². The summed E-state index contributed by atoms with van der Waals surface area (Å²) in [6.45, 7) is 2.03. The molecule has 0 radical (unpaired) electrons. The third kappa shape index (κ3) is 3.47. The molecule has 3 atom stereocenters. The maximum absolute atomic E-state index is 11.7. The van der Waals surface area contributed by atoms with Crippen molar-refractivity contribution in [2.45, 2.75) is 57.2 Å². The topological polar surface area (TPSA) is 64.4 Å². The van der Waals surface area contributed by atoms with Crippen LogP contribution in [0.15, 0.2) is 0 Å². The van der Waals surface area contributed by atoms with Crippen LogP contribution in [-0.2, 0) is 9.53 Å². The average Bonchev–Trinajstić information content (AvgIpc) is 2.65. The summed E-state index contributed by atoms with van der Waals surface area (Å²) in [5.74, 6) is -0.0363. The van der Waals surface area contributed by atoms with Crippen molar-refractivity contribution in [2.24, 2.45) is 5.73 Å². The number of nitrogens with one attached hydrogen (secondary N) is 1. The van der Waals surface area contributed by atoms with Crippen molar-refractivity contribution < 1.29 is 9.53 Å². The molecule has 15 heavy (non-hydrogen) atoms. The van der Waals surface area contributed by atoms with Crippen LogP contribution in [0.1, 0.15) is 39.0 Å². The van der Waals surface area contributed by atoms with Crippen LogP contribution in [0.5, 0.6) is 0 Å². The fraction of sp³-hybridized carbons (Fsp3) is 0.909. The summed E-state index contributed by atoms with van der Waals surface area (Å²) >= 11 is 0. The third-order valence-corrected chi connectivity index (χ3v) is 3.02. The van der Waals surface area contributed by atoms with Crippen molar-refractivity contribution in [1.29, 1.82) is 0 Å². The lowest BCUT2D eigenvalue weighted by Crippen LogP contribution is -2.48. The minimum Gasteiger partial charge on any atom is -0.379 e. The average molecular weight is 214 g/mol. The van der Waals surface area contributed by atoms with Gasteiger partial charge in [0.1, 0.15) is 0 Å². The molecule has 0 heterocycles. The molecule has 4 heteroatoms. The molecule has 88 valence electrons. The maximum atomic E-state index is 11.7. The fourth-order valence-electron chi connectivity index (χ4n) is 2.11. The molecule has 0 spiro atoms. The summed E-state index contributed by atoms with van der Waals surface area (Å²) in [6.07, 6.45) is 5.01. The van der Waals surface area contributed by atoms with Gasteiger partial charge in [0.2, 0.25) is 5.91 Å². The summed E-state index contributed by atoms with van der Waals surface area (Å²) < 4.78 is 5.31. The molecule has 0 aromatic carbocycles. The third-order valence-electron chi connectivity index (χ3n) is 3.02. The smallest absolute Gasteiger partial charge is 0.237 e. The molecule has 0 saturated heterocycles. The SMILES string of the molecule is CCC[C@@H](N)C(=O)NC1CCCC1OC. The van der Waals surface area contributed by atoms with Crippen LogP contribution in [-0.4, -0.2) is 31.2 Å². The Balaban J connectivity index is 2.36. The predicted octanol–water partition coefficient (Wildman–Crippen LogP) is 0.797. The minimum atomic E-state index is -0.367. The minimum absolute atomic E-state index is 0.0363. The first-order valence-corrected chi connectivity index (χ1v) is 5.77. The van der Waals surface area contributed by atoms with Gasteiger partial charge in [0.15, 0.2) is 0 Å². The highest BCUT2D eigenvalue weighted by Crippen LogP contribution is 2.21. The van der Waals surface area contributed by atoms with E-state index in [1.807, 2.05) is 6.92 Å². The van der Waals surface area contributed by atoms with Gasteiger partial charge in [-0.25, -0.2) is 0 Å². The molecule has 1 saturated carbocycles. The Morgan fingerprint density at radius 2 is 2.33 bits per heavy atom. The van der Waals surface area contributed by atoms with Crippen LogP contribution >= 0.6 is 0 Å². The lowest BCUT2D eigenvalue weighted by Gasteiger charge is -2.21. The Bertz CT molecular complexity index is 209. The Labute approximate surface area is 91.5 Å². The zero-order chi connectivity index (χ0) is 11.3. The Hall–Kier alpha value is -0.610. The Kier molecular flexibility index (Phi) is 5.05. The number of hydrogen-bond acceptors (Lipinski definition) is 3. The van der Waals surface area contributed by atoms with E-state index in [9.17, 15) is 4.79 Å². The first-order chi connectivity index (χ1) is 7.19. The zero-order valence-corrected chi connectivity index (χ0v) is 9.66. The van der Waals surface area contributed by atoms with E-state index in [0.717, 1.165) is 32.1 Å². The van der Waals surface area contributed by atoms with Crippen LogP contribution in [0.2, 0.25) is 0 Å². The second kappa shape index (κ2) is 6.08. The van der Waals surface area contributed by atoms with E-state index in [0.29, 0.717) is 0 Å². The number of hydrogen-bond donors (Lipinski definition) is 2. The van der Waals surface area contributed by atoms with Crippen molar-refractivity contribution in [3.8, 4) is 0 Å². The Morgan fingerprint density at radius 1 is 1.60 bits per heavy atom. The summed E-state index contributed by atoms with van der Waals surface area (Å²) in [7, 11) is 1.70. The van der Waals surface area contributed by atoms with Gasteiger partial charge in [0, 0.05) is 7.11 Å². The van der Waals surface area contributed by atoms with Crippen molar-refractivity contribution in [3.05, 3.63) is 0 Å². The van der Waals surface area contributed by atoms with E-state index >= 15 is 0 Å². The molecule has 0 bridgehead atoms. The van der Waals surface area contributed by atoms with E-state index in [1.165, 1.54) is 0 Å². The van der Waals surface area contributed by atoms with Crippen LogP contribution in [0, 0.1) is 0 Å². The summed E-state index contributed by atoms with van der Waals surface area (Å²) in [5, 5.41) is 2.98. The molecular formula is C11H22N2O2. The summed E-state index contributed by atoms with van der Waals surface area (Å²) in [6, 6.07) is -0.210. The number of nitrogens with two attached hydrogens (primary N) is 1. The van der Waals surface area contributed by atoms with Gasteiger partial charge in [-0.2, -0.15) is 0 Å². The van der Waals surface area contributed by atoms with Crippen LogP contribution in [0.25, 0.3) is 0 Å². The molecular weight excluding hydrogens is 192 g/mol. The number of ether oxygens (including phenoxy) is 1. The second-order valence-electron chi connectivity index (χ2n) is 4.22. The lowest BCUT2D eigenvalue weighted by atomic mass is 10.1. The summed E-state index contributed by atoms with van der Waals surface area (Å²) in [5.41, 5.74) is 5.74. The van der Waals surface area contributed by atoms with Crippen molar-refractivity contribution in [1.82, 2.24) is 5.32 Å². The molecule has 1 rings (SSSR count). The number of carbonyl (C=O) groups is 1. The van der Waals surface area contributed by atoms with Gasteiger partial charge in [-0.3, -0.25) is 4.79 Å². The highest BCUT2D eigenvalue weighted by Gasteiger charge is 2.29. The van der Waals surface area contributed by atoms with Gasteiger partial charge < -0.3 is 15.8 Å². The molecule has 0 aliphatic heterocycles. The van der Waals surface area contributed by atoms with Gasteiger partial charge in [-0.05, 0) is 25.7 Å². The standard InChI is InChI=1S/C11H22N2O2/c1-3-5-8(12)11(14)13-9-6-4-7-10(9)15-2/h8-10H,3-7,12H2,1-2H3,(H,13,14)/t8-,9?,10?/m1/s1. The normalized spacial score (nSPS) is 27.7. The van der Waals surface area contributed by atoms with Crippen LogP contribution < -0.4 is 11.1 Å². The van der Waals surface area contributed by atoms with Gasteiger partial charge in [0.25, 0.3) is 0 Å². The maximum Gasteiger partial charge on any atom is 0.237 e. The van der Waals surface area contributed by atoms with Crippen LogP contribution in [0.4, 0.5) is 0 Å².